The highest BCUT2D eigenvalue weighted by atomic mass is 32.2. The molecule has 0 spiro atoms. The number of carbonyl (C=O) groups excluding carboxylic acids is 1. The Morgan fingerprint density at radius 2 is 1.88 bits per heavy atom. The molecule has 3 rings (SSSR count). The molecule has 6 atom stereocenters. The molecule has 0 aromatic heterocycles. The molecule has 1 saturated heterocycles. The van der Waals surface area contributed by atoms with E-state index in [9.17, 15) is 14.1 Å². The Balaban J connectivity index is 1.96. The van der Waals surface area contributed by atoms with Gasteiger partial charge in [0.15, 0.2) is 0 Å². The van der Waals surface area contributed by atoms with E-state index < -0.39 is 28.4 Å². The third-order valence-electron chi connectivity index (χ3n) is 5.20. The molecule has 2 aliphatic heterocycles. The Morgan fingerprint density at radius 1 is 1.23 bits per heavy atom. The van der Waals surface area contributed by atoms with E-state index in [0.29, 0.717) is 6.42 Å². The van der Waals surface area contributed by atoms with E-state index in [-0.39, 0.29) is 18.0 Å². The number of rotatable bonds is 5. The molecule has 2 heterocycles. The zero-order valence-electron chi connectivity index (χ0n) is 15.6. The standard InChI is InChI=1S/C19H27N3O3S/c1-5-16(23)15-11-12-17-18(21(15)20(3)4)19(24)22(26(17)25)13(2)14-9-7-6-8-10-14/h6-13,15-18,23H,5H2,1-4H3/t13?,15-,16-,17+,18-,26?/m1/s1. The highest BCUT2D eigenvalue weighted by molar-refractivity contribution is 7.84. The zero-order valence-corrected chi connectivity index (χ0v) is 16.5. The fraction of sp³-hybridized carbons (Fsp3) is 0.526. The van der Waals surface area contributed by atoms with E-state index >= 15 is 0 Å². The van der Waals surface area contributed by atoms with E-state index in [1.165, 1.54) is 4.31 Å². The lowest BCUT2D eigenvalue weighted by Crippen LogP contribution is -2.61. The summed E-state index contributed by atoms with van der Waals surface area (Å²) in [6.45, 7) is 3.82. The van der Waals surface area contributed by atoms with Gasteiger partial charge in [0.2, 0.25) is 0 Å². The summed E-state index contributed by atoms with van der Waals surface area (Å²) in [4.78, 5) is 13.3. The smallest absolute Gasteiger partial charge is 0.255 e. The highest BCUT2D eigenvalue weighted by Gasteiger charge is 2.54. The predicted octanol–water partition coefficient (Wildman–Crippen LogP) is 1.48. The van der Waals surface area contributed by atoms with Crippen molar-refractivity contribution in [1.82, 2.24) is 14.3 Å². The maximum Gasteiger partial charge on any atom is 0.255 e. The monoisotopic (exact) mass is 377 g/mol. The van der Waals surface area contributed by atoms with Crippen LogP contribution in [0.3, 0.4) is 0 Å². The van der Waals surface area contributed by atoms with Crippen LogP contribution in [-0.2, 0) is 15.8 Å². The topological polar surface area (TPSA) is 64.1 Å². The summed E-state index contributed by atoms with van der Waals surface area (Å²) in [7, 11) is 2.25. The number of fused-ring (bicyclic) bond motifs is 1. The lowest BCUT2D eigenvalue weighted by Gasteiger charge is -2.43. The van der Waals surface area contributed by atoms with Crippen LogP contribution in [0.15, 0.2) is 42.5 Å². The summed E-state index contributed by atoms with van der Waals surface area (Å²) in [6, 6.07) is 8.51. The molecular weight excluding hydrogens is 350 g/mol. The van der Waals surface area contributed by atoms with E-state index in [2.05, 4.69) is 0 Å². The molecule has 142 valence electrons. The van der Waals surface area contributed by atoms with Gasteiger partial charge in [0.1, 0.15) is 17.0 Å². The Labute approximate surface area is 157 Å². The normalized spacial score (nSPS) is 31.3. The molecular formula is C19H27N3O3S. The van der Waals surface area contributed by atoms with Crippen LogP contribution in [0.1, 0.15) is 31.9 Å². The van der Waals surface area contributed by atoms with Gasteiger partial charge in [0.25, 0.3) is 5.91 Å². The van der Waals surface area contributed by atoms with Gasteiger partial charge in [-0.15, -0.1) is 0 Å². The lowest BCUT2D eigenvalue weighted by atomic mass is 9.98. The molecule has 2 aliphatic rings. The van der Waals surface area contributed by atoms with Crippen LogP contribution in [0.4, 0.5) is 0 Å². The maximum absolute atomic E-state index is 13.3. The van der Waals surface area contributed by atoms with Crippen LogP contribution in [0.25, 0.3) is 0 Å². The number of carbonyl (C=O) groups is 1. The lowest BCUT2D eigenvalue weighted by molar-refractivity contribution is -0.144. The number of nitrogens with zero attached hydrogens (tertiary/aromatic N) is 3. The molecule has 1 fully saturated rings. The molecule has 7 heteroatoms. The van der Waals surface area contributed by atoms with Gasteiger partial charge < -0.3 is 5.11 Å². The zero-order chi connectivity index (χ0) is 19.0. The van der Waals surface area contributed by atoms with Crippen LogP contribution < -0.4 is 0 Å². The molecule has 0 radical (unpaired) electrons. The van der Waals surface area contributed by atoms with Crippen molar-refractivity contribution >= 4 is 16.9 Å². The molecule has 1 N–H and O–H groups in total. The van der Waals surface area contributed by atoms with Crippen molar-refractivity contribution in [2.45, 2.75) is 49.7 Å². The minimum Gasteiger partial charge on any atom is -0.391 e. The number of hydrazine groups is 1. The van der Waals surface area contributed by atoms with E-state index in [1.54, 1.807) is 0 Å². The van der Waals surface area contributed by atoms with Crippen LogP contribution in [0.5, 0.6) is 0 Å². The van der Waals surface area contributed by atoms with Gasteiger partial charge >= 0.3 is 0 Å². The van der Waals surface area contributed by atoms with E-state index in [0.717, 1.165) is 5.56 Å². The van der Waals surface area contributed by atoms with Gasteiger partial charge in [-0.25, -0.2) is 14.2 Å². The van der Waals surface area contributed by atoms with Crippen molar-refractivity contribution in [3.8, 4) is 0 Å². The second-order valence-electron chi connectivity index (χ2n) is 7.01. The molecule has 0 saturated carbocycles. The first kappa shape index (κ1) is 19.2. The SMILES string of the molecule is CC[C@@H](O)[C@H]1C=C[C@H]2[C@H](C(=O)N(C(C)c3ccccc3)S2=O)N1N(C)C. The summed E-state index contributed by atoms with van der Waals surface area (Å²) in [5, 5.41) is 13.7. The van der Waals surface area contributed by atoms with Crippen molar-refractivity contribution in [2.24, 2.45) is 0 Å². The highest BCUT2D eigenvalue weighted by Crippen LogP contribution is 2.37. The van der Waals surface area contributed by atoms with Gasteiger partial charge in [-0.3, -0.25) is 9.10 Å². The van der Waals surface area contributed by atoms with E-state index in [1.807, 2.05) is 80.4 Å². The first-order valence-corrected chi connectivity index (χ1v) is 10.2. The maximum atomic E-state index is 13.3. The summed E-state index contributed by atoms with van der Waals surface area (Å²) in [5.74, 6) is -0.156. The Bertz CT molecular complexity index is 709. The van der Waals surface area contributed by atoms with Crippen molar-refractivity contribution in [1.29, 1.82) is 0 Å². The van der Waals surface area contributed by atoms with Crippen molar-refractivity contribution in [2.75, 3.05) is 14.1 Å². The fourth-order valence-electron chi connectivity index (χ4n) is 3.81. The number of aliphatic hydroxyl groups is 1. The molecule has 1 aromatic rings. The minimum absolute atomic E-state index is 0.156. The first-order chi connectivity index (χ1) is 12.4. The van der Waals surface area contributed by atoms with Gasteiger partial charge in [-0.1, -0.05) is 49.4 Å². The average molecular weight is 378 g/mol. The summed E-state index contributed by atoms with van der Waals surface area (Å²) < 4.78 is 14.6. The summed E-state index contributed by atoms with van der Waals surface area (Å²) >= 11 is 0. The van der Waals surface area contributed by atoms with Crippen LogP contribution in [-0.4, -0.2) is 67.1 Å². The Hall–Kier alpha value is -1.54. The largest absolute Gasteiger partial charge is 0.391 e. The summed E-state index contributed by atoms with van der Waals surface area (Å²) in [5.41, 5.74) is 0.957. The molecule has 1 aromatic carbocycles. The molecule has 1 amide bonds. The number of amides is 1. The number of hydrogen-bond donors (Lipinski definition) is 1. The molecule has 26 heavy (non-hydrogen) atoms. The predicted molar refractivity (Wildman–Crippen MR) is 102 cm³/mol. The number of aliphatic hydroxyl groups excluding tert-OH is 1. The third kappa shape index (κ3) is 3.13. The minimum atomic E-state index is -1.46. The number of hydrogen-bond acceptors (Lipinski definition) is 5. The Kier molecular flexibility index (Phi) is 5.62. The van der Waals surface area contributed by atoms with Gasteiger partial charge in [-0.05, 0) is 18.9 Å². The van der Waals surface area contributed by atoms with Crippen LogP contribution >= 0.6 is 0 Å². The first-order valence-electron chi connectivity index (χ1n) is 8.99. The molecule has 0 aliphatic carbocycles. The molecule has 0 bridgehead atoms. The fourth-order valence-corrected chi connectivity index (χ4v) is 5.48. The van der Waals surface area contributed by atoms with Gasteiger partial charge in [-0.2, -0.15) is 0 Å². The van der Waals surface area contributed by atoms with Gasteiger partial charge in [0.05, 0.1) is 23.4 Å². The average Bonchev–Trinajstić information content (AvgIpc) is 2.91. The van der Waals surface area contributed by atoms with Crippen molar-refractivity contribution in [3.05, 3.63) is 48.0 Å². The van der Waals surface area contributed by atoms with Crippen LogP contribution in [0, 0.1) is 0 Å². The quantitative estimate of drug-likeness (QED) is 0.788. The second kappa shape index (κ2) is 7.60. The van der Waals surface area contributed by atoms with Crippen molar-refractivity contribution in [3.63, 3.8) is 0 Å². The second-order valence-corrected chi connectivity index (χ2v) is 8.50. The third-order valence-corrected chi connectivity index (χ3v) is 6.97. The number of benzene rings is 1. The Morgan fingerprint density at radius 3 is 2.46 bits per heavy atom. The molecule has 2 unspecified atom stereocenters. The van der Waals surface area contributed by atoms with Gasteiger partial charge in [0, 0.05) is 14.1 Å². The summed E-state index contributed by atoms with van der Waals surface area (Å²) in [6.07, 6.45) is 3.73. The van der Waals surface area contributed by atoms with Crippen LogP contribution in [0.2, 0.25) is 0 Å². The molecule has 6 nitrogen and oxygen atoms in total. The van der Waals surface area contributed by atoms with E-state index in [4.69, 9.17) is 0 Å². The van der Waals surface area contributed by atoms with Crippen molar-refractivity contribution < 1.29 is 14.1 Å².